The number of amides is 3. The van der Waals surface area contributed by atoms with Gasteiger partial charge in [-0.25, -0.2) is 4.79 Å². The molecular weight excluding hydrogens is 408 g/mol. The number of likely N-dealkylation sites (N-methyl/N-ethyl adjacent to an activating group) is 1. The molecule has 3 rings (SSSR count). The van der Waals surface area contributed by atoms with Crippen LogP contribution in [0, 0.1) is 0 Å². The molecule has 8 nitrogen and oxygen atoms in total. The zero-order valence-electron chi connectivity index (χ0n) is 19.1. The van der Waals surface area contributed by atoms with Gasteiger partial charge in [-0.15, -0.1) is 0 Å². The Balaban J connectivity index is 2.05. The highest BCUT2D eigenvalue weighted by Crippen LogP contribution is 2.39. The fraction of sp³-hybridized carbons (Fsp3) is 0.333. The maximum Gasteiger partial charge on any atom is 0.319 e. The van der Waals surface area contributed by atoms with Crippen LogP contribution in [0.4, 0.5) is 10.5 Å². The van der Waals surface area contributed by atoms with Crippen molar-refractivity contribution in [3.8, 4) is 11.5 Å². The number of carbonyl (C=O) groups excluding carboxylic acids is 2. The molecule has 0 aromatic heterocycles. The second-order valence-electron chi connectivity index (χ2n) is 8.07. The van der Waals surface area contributed by atoms with Crippen LogP contribution in [0.2, 0.25) is 0 Å². The summed E-state index contributed by atoms with van der Waals surface area (Å²) in [5, 5.41) is 2.88. The predicted molar refractivity (Wildman–Crippen MR) is 125 cm³/mol. The van der Waals surface area contributed by atoms with Crippen LogP contribution < -0.4 is 20.5 Å². The van der Waals surface area contributed by atoms with Crippen LogP contribution in [0.15, 0.2) is 42.6 Å². The van der Waals surface area contributed by atoms with E-state index in [4.69, 9.17) is 15.2 Å². The fourth-order valence-corrected chi connectivity index (χ4v) is 3.82. The van der Waals surface area contributed by atoms with Gasteiger partial charge >= 0.3 is 6.03 Å². The Kier molecular flexibility index (Phi) is 7.05. The van der Waals surface area contributed by atoms with Crippen LogP contribution in [0.3, 0.4) is 0 Å². The first-order valence-corrected chi connectivity index (χ1v) is 10.3. The van der Waals surface area contributed by atoms with E-state index in [1.165, 1.54) is 0 Å². The molecular formula is C24H30N4O4. The molecule has 2 aromatic rings. The lowest BCUT2D eigenvalue weighted by molar-refractivity contribution is -0.116. The van der Waals surface area contributed by atoms with Crippen molar-refractivity contribution in [1.82, 2.24) is 9.80 Å². The van der Waals surface area contributed by atoms with Gasteiger partial charge in [-0.3, -0.25) is 9.69 Å². The number of hydrogen-bond acceptors (Lipinski definition) is 5. The Bertz CT molecular complexity index is 1030. The summed E-state index contributed by atoms with van der Waals surface area (Å²) in [5.41, 5.74) is 10.0. The zero-order chi connectivity index (χ0) is 23.4. The zero-order valence-corrected chi connectivity index (χ0v) is 19.1. The Morgan fingerprint density at radius 2 is 1.75 bits per heavy atom. The summed E-state index contributed by atoms with van der Waals surface area (Å²) in [5.74, 6) is 1.14. The minimum Gasteiger partial charge on any atom is -0.493 e. The number of rotatable bonds is 6. The topological polar surface area (TPSA) is 97.1 Å². The molecule has 3 amide bonds. The lowest BCUT2D eigenvalue weighted by atomic mass is 9.92. The van der Waals surface area contributed by atoms with Crippen molar-refractivity contribution < 1.29 is 19.1 Å². The van der Waals surface area contributed by atoms with Gasteiger partial charge in [-0.1, -0.05) is 12.1 Å². The van der Waals surface area contributed by atoms with Crippen molar-refractivity contribution in [3.05, 3.63) is 59.3 Å². The van der Waals surface area contributed by atoms with Gasteiger partial charge in [0.15, 0.2) is 11.5 Å². The van der Waals surface area contributed by atoms with Crippen LogP contribution in [0.5, 0.6) is 11.5 Å². The smallest absolute Gasteiger partial charge is 0.319 e. The Morgan fingerprint density at radius 1 is 1.12 bits per heavy atom. The quantitative estimate of drug-likeness (QED) is 0.723. The van der Waals surface area contributed by atoms with Crippen molar-refractivity contribution in [2.24, 2.45) is 5.73 Å². The van der Waals surface area contributed by atoms with E-state index in [0.29, 0.717) is 30.2 Å². The number of nitrogens with zero attached hydrogens (tertiary/aromatic N) is 2. The van der Waals surface area contributed by atoms with Crippen molar-refractivity contribution in [2.45, 2.75) is 19.4 Å². The van der Waals surface area contributed by atoms with Crippen LogP contribution in [-0.4, -0.2) is 62.6 Å². The number of methoxy groups -OCH3 is 2. The number of carbonyl (C=O) groups is 2. The summed E-state index contributed by atoms with van der Waals surface area (Å²) < 4.78 is 11.0. The van der Waals surface area contributed by atoms with E-state index < -0.39 is 6.03 Å². The highest BCUT2D eigenvalue weighted by atomic mass is 16.5. The maximum atomic E-state index is 12.2. The van der Waals surface area contributed by atoms with Crippen molar-refractivity contribution in [1.29, 1.82) is 0 Å². The normalized spacial score (nSPS) is 15.5. The van der Waals surface area contributed by atoms with Gasteiger partial charge in [0.2, 0.25) is 5.91 Å². The number of anilines is 1. The van der Waals surface area contributed by atoms with Crippen LogP contribution in [0.1, 0.15) is 23.6 Å². The monoisotopic (exact) mass is 438 g/mol. The highest BCUT2D eigenvalue weighted by Gasteiger charge is 2.26. The number of benzene rings is 2. The lowest BCUT2D eigenvalue weighted by Gasteiger charge is -2.22. The molecule has 0 spiro atoms. The van der Waals surface area contributed by atoms with Gasteiger partial charge in [0.05, 0.1) is 20.8 Å². The molecule has 0 fully saturated rings. The molecule has 0 radical (unpaired) electrons. The maximum absolute atomic E-state index is 12.2. The minimum atomic E-state index is -0.519. The molecule has 2 aromatic carbocycles. The van der Waals surface area contributed by atoms with E-state index in [0.717, 1.165) is 22.3 Å². The van der Waals surface area contributed by atoms with Crippen LogP contribution in [-0.2, 0) is 11.2 Å². The molecule has 1 aliphatic heterocycles. The Morgan fingerprint density at radius 3 is 2.31 bits per heavy atom. The van der Waals surface area contributed by atoms with E-state index in [2.05, 4.69) is 5.32 Å². The summed E-state index contributed by atoms with van der Waals surface area (Å²) in [7, 11) is 6.87. The number of nitrogens with two attached hydrogens (primary N) is 1. The second kappa shape index (κ2) is 9.74. The molecule has 32 heavy (non-hydrogen) atoms. The summed E-state index contributed by atoms with van der Waals surface area (Å²) in [6, 6.07) is 10.7. The van der Waals surface area contributed by atoms with Crippen LogP contribution in [0.25, 0.3) is 5.57 Å². The molecule has 0 bridgehead atoms. The second-order valence-corrected chi connectivity index (χ2v) is 8.07. The van der Waals surface area contributed by atoms with E-state index in [-0.39, 0.29) is 11.9 Å². The van der Waals surface area contributed by atoms with Gasteiger partial charge in [0.25, 0.3) is 0 Å². The lowest BCUT2D eigenvalue weighted by Crippen LogP contribution is -2.38. The molecule has 1 heterocycles. The number of fused-ring (bicyclic) bond motifs is 1. The first kappa shape index (κ1) is 23.1. The molecule has 170 valence electrons. The van der Waals surface area contributed by atoms with Gasteiger partial charge in [-0.05, 0) is 68.4 Å². The first-order valence-electron chi connectivity index (χ1n) is 10.3. The molecule has 3 N–H and O–H groups in total. The molecule has 1 atom stereocenters. The number of ether oxygens (including phenoxy) is 2. The van der Waals surface area contributed by atoms with E-state index in [1.807, 2.05) is 57.4 Å². The third-order valence-electron chi connectivity index (χ3n) is 5.35. The number of nitrogens with one attached hydrogen (secondary N) is 1. The van der Waals surface area contributed by atoms with E-state index >= 15 is 0 Å². The van der Waals surface area contributed by atoms with Gasteiger partial charge in [0.1, 0.15) is 0 Å². The summed E-state index contributed by atoms with van der Waals surface area (Å²) in [6.07, 6.45) is 2.39. The molecule has 8 heteroatoms. The van der Waals surface area contributed by atoms with Gasteiger partial charge in [-0.2, -0.15) is 0 Å². The Hall–Kier alpha value is -3.52. The van der Waals surface area contributed by atoms with Crippen molar-refractivity contribution in [2.75, 3.05) is 40.2 Å². The molecule has 0 saturated heterocycles. The van der Waals surface area contributed by atoms with Gasteiger partial charge < -0.3 is 25.4 Å². The summed E-state index contributed by atoms with van der Waals surface area (Å²) >= 11 is 0. The third kappa shape index (κ3) is 5.03. The largest absolute Gasteiger partial charge is 0.493 e. The minimum absolute atomic E-state index is 0.0904. The van der Waals surface area contributed by atoms with Crippen molar-refractivity contribution >= 4 is 23.2 Å². The molecule has 1 aliphatic rings. The third-order valence-corrected chi connectivity index (χ3v) is 5.35. The Labute approximate surface area is 188 Å². The number of urea groups is 1. The molecule has 0 saturated carbocycles. The van der Waals surface area contributed by atoms with E-state index in [1.54, 1.807) is 30.2 Å². The number of primary amides is 1. The summed E-state index contributed by atoms with van der Waals surface area (Å²) in [4.78, 5) is 27.6. The highest BCUT2D eigenvalue weighted by molar-refractivity contribution is 5.93. The average Bonchev–Trinajstić information content (AvgIpc) is 2.88. The predicted octanol–water partition coefficient (Wildman–Crippen LogP) is 2.92. The first-order chi connectivity index (χ1) is 15.2. The number of hydrogen-bond donors (Lipinski definition) is 2. The fourth-order valence-electron chi connectivity index (χ4n) is 3.82. The molecule has 0 aliphatic carbocycles. The molecule has 1 unspecified atom stereocenters. The standard InChI is InChI=1S/C24H30N4O4/c1-15-10-17-11-21(31-4)22(32-5)12-19(17)20(13-28(15)24(25)30)16-6-8-18(9-7-16)26-23(29)14-27(2)3/h6-9,11-13,15H,10,14H2,1-5H3,(H2,25,30)(H,26,29). The van der Waals surface area contributed by atoms with Gasteiger partial charge in [0, 0.05) is 23.5 Å². The summed E-state index contributed by atoms with van der Waals surface area (Å²) in [6.45, 7) is 2.25. The van der Waals surface area contributed by atoms with Crippen LogP contribution >= 0.6 is 0 Å². The van der Waals surface area contributed by atoms with Crippen molar-refractivity contribution in [3.63, 3.8) is 0 Å². The SMILES string of the molecule is COc1cc2c(cc1OC)C(c1ccc(NC(=O)CN(C)C)cc1)=CN(C(N)=O)C(C)C2. The van der Waals surface area contributed by atoms with E-state index in [9.17, 15) is 9.59 Å². The average molecular weight is 439 g/mol.